The maximum atomic E-state index is 8.77. The molecule has 1 aliphatic rings. The van der Waals surface area contributed by atoms with Crippen molar-refractivity contribution < 1.29 is 0 Å². The monoisotopic (exact) mass is 244 g/mol. The van der Waals surface area contributed by atoms with Crippen molar-refractivity contribution in [3.05, 3.63) is 18.0 Å². The van der Waals surface area contributed by atoms with E-state index in [1.54, 1.807) is 12.3 Å². The van der Waals surface area contributed by atoms with E-state index >= 15 is 0 Å². The smallest absolute Gasteiger partial charge is 0.223 e. The molecule has 0 saturated heterocycles. The average molecular weight is 244 g/mol. The second-order valence-electron chi connectivity index (χ2n) is 5.05. The topological polar surface area (TPSA) is 61.6 Å². The third-order valence-corrected chi connectivity index (χ3v) is 3.86. The van der Waals surface area contributed by atoms with Gasteiger partial charge in [-0.3, -0.25) is 0 Å². The van der Waals surface area contributed by atoms with Gasteiger partial charge in [0.25, 0.3) is 0 Å². The third-order valence-electron chi connectivity index (χ3n) is 3.86. The first kappa shape index (κ1) is 12.8. The molecule has 1 fully saturated rings. The first-order valence-corrected chi connectivity index (χ1v) is 6.78. The van der Waals surface area contributed by atoms with Gasteiger partial charge in [0.1, 0.15) is 11.8 Å². The predicted molar refractivity (Wildman–Crippen MR) is 71.0 cm³/mol. The average Bonchev–Trinajstić information content (AvgIpc) is 2.46. The lowest BCUT2D eigenvalue weighted by Gasteiger charge is -2.27. The summed E-state index contributed by atoms with van der Waals surface area (Å²) in [7, 11) is 0. The number of hydrogen-bond donors (Lipinski definition) is 1. The first-order valence-electron chi connectivity index (χ1n) is 6.78. The number of nitrogens with one attached hydrogen (secondary N) is 1. The quantitative estimate of drug-likeness (QED) is 0.884. The summed E-state index contributed by atoms with van der Waals surface area (Å²) in [5.74, 6) is 2.23. The SMILES string of the molecule is CCC1CCC(CNc2nccc(C#N)n2)CC1. The fourth-order valence-electron chi connectivity index (χ4n) is 2.59. The van der Waals surface area contributed by atoms with Gasteiger partial charge >= 0.3 is 0 Å². The molecule has 0 radical (unpaired) electrons. The molecule has 1 aromatic heterocycles. The molecule has 1 aromatic rings. The number of nitrogens with zero attached hydrogens (tertiary/aromatic N) is 3. The Hall–Kier alpha value is -1.63. The molecule has 0 unspecified atom stereocenters. The maximum Gasteiger partial charge on any atom is 0.223 e. The van der Waals surface area contributed by atoms with E-state index in [4.69, 9.17) is 5.26 Å². The molecular weight excluding hydrogens is 224 g/mol. The Morgan fingerprint density at radius 1 is 1.33 bits per heavy atom. The number of aromatic nitrogens is 2. The molecule has 0 amide bonds. The zero-order valence-corrected chi connectivity index (χ0v) is 10.9. The number of nitriles is 1. The number of anilines is 1. The molecule has 0 aromatic carbocycles. The van der Waals surface area contributed by atoms with Crippen LogP contribution in [0.5, 0.6) is 0 Å². The van der Waals surface area contributed by atoms with Gasteiger partial charge in [-0.15, -0.1) is 0 Å². The zero-order valence-electron chi connectivity index (χ0n) is 10.9. The Kier molecular flexibility index (Phi) is 4.52. The summed E-state index contributed by atoms with van der Waals surface area (Å²) in [5, 5.41) is 12.0. The van der Waals surface area contributed by atoms with Gasteiger partial charge in [-0.25, -0.2) is 9.97 Å². The normalized spacial score (nSPS) is 23.3. The van der Waals surface area contributed by atoms with Gasteiger partial charge in [0.15, 0.2) is 0 Å². The van der Waals surface area contributed by atoms with Crippen LogP contribution in [0.2, 0.25) is 0 Å². The van der Waals surface area contributed by atoms with E-state index in [0.29, 0.717) is 11.6 Å². The molecule has 1 aliphatic carbocycles. The lowest BCUT2D eigenvalue weighted by Crippen LogP contribution is -2.21. The highest BCUT2D eigenvalue weighted by atomic mass is 15.1. The number of hydrogen-bond acceptors (Lipinski definition) is 4. The standard InChI is InChI=1S/C14H20N4/c1-2-11-3-5-12(6-4-11)10-17-14-16-8-7-13(9-15)18-14/h7-8,11-12H,2-6,10H2,1H3,(H,16,17,18). The van der Waals surface area contributed by atoms with Gasteiger partial charge < -0.3 is 5.32 Å². The Labute approximate surface area is 108 Å². The largest absolute Gasteiger partial charge is 0.354 e. The van der Waals surface area contributed by atoms with Gasteiger partial charge in [-0.05, 0) is 30.7 Å². The molecule has 2 rings (SSSR count). The highest BCUT2D eigenvalue weighted by Crippen LogP contribution is 2.30. The summed E-state index contributed by atoms with van der Waals surface area (Å²) in [6, 6.07) is 3.65. The molecule has 1 saturated carbocycles. The summed E-state index contributed by atoms with van der Waals surface area (Å²) >= 11 is 0. The Balaban J connectivity index is 1.80. The molecule has 96 valence electrons. The Bertz CT molecular complexity index is 416. The van der Waals surface area contributed by atoms with Gasteiger partial charge in [0, 0.05) is 12.7 Å². The van der Waals surface area contributed by atoms with E-state index in [1.165, 1.54) is 32.1 Å². The third kappa shape index (κ3) is 3.43. The fourth-order valence-corrected chi connectivity index (χ4v) is 2.59. The van der Waals surface area contributed by atoms with Crippen molar-refractivity contribution in [1.29, 1.82) is 5.26 Å². The van der Waals surface area contributed by atoms with Gasteiger partial charge in [0.05, 0.1) is 0 Å². The molecule has 0 spiro atoms. The minimum atomic E-state index is 0.419. The van der Waals surface area contributed by atoms with Crippen LogP contribution < -0.4 is 5.32 Å². The number of rotatable bonds is 4. The van der Waals surface area contributed by atoms with Gasteiger partial charge in [-0.1, -0.05) is 26.2 Å². The Morgan fingerprint density at radius 2 is 2.06 bits per heavy atom. The van der Waals surface area contributed by atoms with Crippen molar-refractivity contribution in [2.45, 2.75) is 39.0 Å². The minimum Gasteiger partial charge on any atom is -0.354 e. The van der Waals surface area contributed by atoms with Crippen LogP contribution in [0.3, 0.4) is 0 Å². The molecule has 4 heteroatoms. The van der Waals surface area contributed by atoms with Crippen molar-refractivity contribution in [3.8, 4) is 6.07 Å². The fraction of sp³-hybridized carbons (Fsp3) is 0.643. The summed E-state index contributed by atoms with van der Waals surface area (Å²) < 4.78 is 0. The molecule has 1 heterocycles. The van der Waals surface area contributed by atoms with E-state index in [0.717, 1.165) is 18.4 Å². The molecule has 18 heavy (non-hydrogen) atoms. The molecule has 0 aliphatic heterocycles. The van der Waals surface area contributed by atoms with E-state index in [-0.39, 0.29) is 0 Å². The van der Waals surface area contributed by atoms with Crippen LogP contribution in [0.15, 0.2) is 12.3 Å². The van der Waals surface area contributed by atoms with Crippen molar-refractivity contribution >= 4 is 5.95 Å². The van der Waals surface area contributed by atoms with Crippen LogP contribution >= 0.6 is 0 Å². The van der Waals surface area contributed by atoms with E-state index in [1.807, 2.05) is 6.07 Å². The lowest BCUT2D eigenvalue weighted by atomic mass is 9.81. The molecular formula is C14H20N4. The van der Waals surface area contributed by atoms with Crippen molar-refractivity contribution in [1.82, 2.24) is 9.97 Å². The Morgan fingerprint density at radius 3 is 2.72 bits per heavy atom. The second kappa shape index (κ2) is 6.34. The first-order chi connectivity index (χ1) is 8.81. The predicted octanol–water partition coefficient (Wildman–Crippen LogP) is 2.98. The summed E-state index contributed by atoms with van der Waals surface area (Å²) in [5.41, 5.74) is 0.419. The zero-order chi connectivity index (χ0) is 12.8. The van der Waals surface area contributed by atoms with Crippen molar-refractivity contribution in [3.63, 3.8) is 0 Å². The maximum absolute atomic E-state index is 8.77. The van der Waals surface area contributed by atoms with E-state index < -0.39 is 0 Å². The summed E-state index contributed by atoms with van der Waals surface area (Å²) in [6.45, 7) is 3.20. The minimum absolute atomic E-state index is 0.419. The summed E-state index contributed by atoms with van der Waals surface area (Å²) in [4.78, 5) is 8.25. The highest BCUT2D eigenvalue weighted by molar-refractivity contribution is 5.29. The van der Waals surface area contributed by atoms with Crippen molar-refractivity contribution in [2.75, 3.05) is 11.9 Å². The molecule has 4 nitrogen and oxygen atoms in total. The van der Waals surface area contributed by atoms with Crippen molar-refractivity contribution in [2.24, 2.45) is 11.8 Å². The van der Waals surface area contributed by atoms with E-state index in [2.05, 4.69) is 22.2 Å². The molecule has 0 atom stereocenters. The highest BCUT2D eigenvalue weighted by Gasteiger charge is 2.19. The van der Waals surface area contributed by atoms with Crippen LogP contribution in [0, 0.1) is 23.2 Å². The molecule has 1 N–H and O–H groups in total. The lowest BCUT2D eigenvalue weighted by molar-refractivity contribution is 0.278. The van der Waals surface area contributed by atoms with Gasteiger partial charge in [0.2, 0.25) is 5.95 Å². The van der Waals surface area contributed by atoms with Crippen LogP contribution in [0.1, 0.15) is 44.7 Å². The summed E-state index contributed by atoms with van der Waals surface area (Å²) in [6.07, 6.45) is 8.23. The van der Waals surface area contributed by atoms with E-state index in [9.17, 15) is 0 Å². The second-order valence-corrected chi connectivity index (χ2v) is 5.05. The van der Waals surface area contributed by atoms with Gasteiger partial charge in [-0.2, -0.15) is 5.26 Å². The van der Waals surface area contributed by atoms with Crippen LogP contribution in [-0.2, 0) is 0 Å². The van der Waals surface area contributed by atoms with Crippen LogP contribution in [0.25, 0.3) is 0 Å². The van der Waals surface area contributed by atoms with Crippen LogP contribution in [-0.4, -0.2) is 16.5 Å². The van der Waals surface area contributed by atoms with Crippen LogP contribution in [0.4, 0.5) is 5.95 Å². The molecule has 0 bridgehead atoms.